The van der Waals surface area contributed by atoms with Crippen LogP contribution in [-0.4, -0.2) is 45.3 Å². The molecule has 142 valence electrons. The van der Waals surface area contributed by atoms with Crippen molar-refractivity contribution in [2.45, 2.75) is 30.5 Å². The van der Waals surface area contributed by atoms with Crippen LogP contribution in [0.25, 0.3) is 11.0 Å². The number of ether oxygens (including phenoxy) is 3. The molecule has 0 spiro atoms. The maximum Gasteiger partial charge on any atom is 0.197 e. The smallest absolute Gasteiger partial charge is 0.197 e. The zero-order valence-corrected chi connectivity index (χ0v) is 15.8. The molecule has 0 aliphatic carbocycles. The van der Waals surface area contributed by atoms with E-state index in [-0.39, 0.29) is 12.0 Å². The minimum absolute atomic E-state index is 0.263. The van der Waals surface area contributed by atoms with E-state index in [9.17, 15) is 4.21 Å². The van der Waals surface area contributed by atoms with Crippen LogP contribution in [-0.2, 0) is 26.0 Å². The summed E-state index contributed by atoms with van der Waals surface area (Å²) in [7, 11) is -1.33. The molecule has 1 unspecified atom stereocenters. The second kappa shape index (κ2) is 8.16. The zero-order chi connectivity index (χ0) is 18.6. The van der Waals surface area contributed by atoms with Crippen molar-refractivity contribution >= 4 is 21.8 Å². The second-order valence-corrected chi connectivity index (χ2v) is 7.63. The number of H-pyrrole nitrogens is 1. The van der Waals surface area contributed by atoms with E-state index in [0.717, 1.165) is 28.7 Å². The maximum atomic E-state index is 12.7. The van der Waals surface area contributed by atoms with Gasteiger partial charge in [0.15, 0.2) is 11.4 Å². The number of aromatic nitrogens is 3. The highest BCUT2D eigenvalue weighted by molar-refractivity contribution is 7.84. The summed E-state index contributed by atoms with van der Waals surface area (Å²) in [5.41, 5.74) is 3.25. The fourth-order valence-electron chi connectivity index (χ4n) is 2.88. The quantitative estimate of drug-likeness (QED) is 0.700. The van der Waals surface area contributed by atoms with Crippen LogP contribution in [0.15, 0.2) is 41.7 Å². The molecule has 1 saturated heterocycles. The van der Waals surface area contributed by atoms with Gasteiger partial charge in [0, 0.05) is 11.8 Å². The van der Waals surface area contributed by atoms with Crippen LogP contribution in [0.4, 0.5) is 0 Å². The highest BCUT2D eigenvalue weighted by atomic mass is 32.2. The minimum Gasteiger partial charge on any atom is -0.488 e. The molecule has 0 bridgehead atoms. The molecule has 4 rings (SSSR count). The van der Waals surface area contributed by atoms with Gasteiger partial charge >= 0.3 is 0 Å². The number of imidazole rings is 1. The summed E-state index contributed by atoms with van der Waals surface area (Å²) in [5.74, 6) is 0.957. The van der Waals surface area contributed by atoms with Gasteiger partial charge in [-0.3, -0.25) is 9.19 Å². The minimum atomic E-state index is -1.33. The predicted octanol–water partition coefficient (Wildman–Crippen LogP) is 2.72. The molecule has 1 atom stereocenters. The number of hydrogen-bond acceptors (Lipinski definition) is 6. The van der Waals surface area contributed by atoms with E-state index >= 15 is 0 Å². The lowest BCUT2D eigenvalue weighted by Crippen LogP contribution is -2.30. The molecule has 2 aromatic heterocycles. The highest BCUT2D eigenvalue weighted by Gasteiger charge is 2.18. The third kappa shape index (κ3) is 4.18. The van der Waals surface area contributed by atoms with Gasteiger partial charge in [-0.15, -0.1) is 0 Å². The van der Waals surface area contributed by atoms with E-state index in [1.165, 1.54) is 0 Å². The van der Waals surface area contributed by atoms with Crippen LogP contribution in [0.3, 0.4) is 0 Å². The van der Waals surface area contributed by atoms with Crippen molar-refractivity contribution < 1.29 is 18.4 Å². The van der Waals surface area contributed by atoms with Gasteiger partial charge in [0.1, 0.15) is 12.4 Å². The predicted molar refractivity (Wildman–Crippen MR) is 101 cm³/mol. The number of para-hydroxylation sites is 2. The van der Waals surface area contributed by atoms with Gasteiger partial charge < -0.3 is 19.2 Å². The largest absolute Gasteiger partial charge is 0.488 e. The summed E-state index contributed by atoms with van der Waals surface area (Å²) < 4.78 is 29.6. The first kappa shape index (κ1) is 18.1. The molecule has 8 heteroatoms. The summed E-state index contributed by atoms with van der Waals surface area (Å²) in [6.45, 7) is 3.60. The van der Waals surface area contributed by atoms with Crippen molar-refractivity contribution in [2.75, 3.05) is 19.8 Å². The highest BCUT2D eigenvalue weighted by Crippen LogP contribution is 2.23. The van der Waals surface area contributed by atoms with Crippen molar-refractivity contribution in [1.29, 1.82) is 0 Å². The Morgan fingerprint density at radius 1 is 1.26 bits per heavy atom. The van der Waals surface area contributed by atoms with Crippen molar-refractivity contribution in [3.63, 3.8) is 0 Å². The number of pyridine rings is 1. The normalized spacial score (nSPS) is 16.5. The summed E-state index contributed by atoms with van der Waals surface area (Å²) in [4.78, 5) is 11.9. The van der Waals surface area contributed by atoms with E-state index in [0.29, 0.717) is 30.7 Å². The number of hydrogen-bond donors (Lipinski definition) is 1. The maximum absolute atomic E-state index is 12.7. The van der Waals surface area contributed by atoms with Crippen LogP contribution < -0.4 is 4.74 Å². The molecular formula is C19H21N3O4S. The third-order valence-electron chi connectivity index (χ3n) is 4.38. The Bertz CT molecular complexity index is 920. The number of rotatable bonds is 6. The summed E-state index contributed by atoms with van der Waals surface area (Å²) >= 11 is 0. The van der Waals surface area contributed by atoms with Crippen molar-refractivity contribution in [3.8, 4) is 5.75 Å². The van der Waals surface area contributed by atoms with Gasteiger partial charge in [0.2, 0.25) is 0 Å². The van der Waals surface area contributed by atoms with Gasteiger partial charge in [0.25, 0.3) is 0 Å². The van der Waals surface area contributed by atoms with Crippen LogP contribution >= 0.6 is 0 Å². The Morgan fingerprint density at radius 2 is 2.07 bits per heavy atom. The Balaban J connectivity index is 1.45. The molecule has 27 heavy (non-hydrogen) atoms. The molecule has 7 nitrogen and oxygen atoms in total. The Labute approximate surface area is 159 Å². The average molecular weight is 387 g/mol. The fourth-order valence-corrected chi connectivity index (χ4v) is 3.98. The van der Waals surface area contributed by atoms with Gasteiger partial charge in [-0.1, -0.05) is 12.1 Å². The van der Waals surface area contributed by atoms with E-state index in [1.54, 1.807) is 12.3 Å². The van der Waals surface area contributed by atoms with E-state index < -0.39 is 10.8 Å². The van der Waals surface area contributed by atoms with E-state index in [4.69, 9.17) is 14.2 Å². The number of nitrogens with one attached hydrogen (secondary N) is 1. The Morgan fingerprint density at radius 3 is 2.89 bits per heavy atom. The van der Waals surface area contributed by atoms with Gasteiger partial charge in [-0.25, -0.2) is 4.98 Å². The fraction of sp³-hybridized carbons (Fsp3) is 0.368. The van der Waals surface area contributed by atoms with Crippen molar-refractivity contribution in [3.05, 3.63) is 47.8 Å². The van der Waals surface area contributed by atoms with E-state index in [1.807, 2.05) is 31.2 Å². The summed E-state index contributed by atoms with van der Waals surface area (Å²) in [5, 5.41) is 0.452. The summed E-state index contributed by atoms with van der Waals surface area (Å²) in [6, 6.07) is 9.42. The SMILES string of the molecule is Cc1c(OCC2OCCCO2)ccnc1CS(=O)c1nc2ccccc2[nH]1. The zero-order valence-electron chi connectivity index (χ0n) is 15.0. The van der Waals surface area contributed by atoms with Crippen LogP contribution in [0.1, 0.15) is 17.7 Å². The molecule has 3 aromatic rings. The lowest BCUT2D eigenvalue weighted by molar-refractivity contribution is -0.191. The van der Waals surface area contributed by atoms with Gasteiger partial charge in [0.05, 0.1) is 46.5 Å². The van der Waals surface area contributed by atoms with Crippen molar-refractivity contribution in [1.82, 2.24) is 15.0 Å². The Kier molecular flexibility index (Phi) is 5.47. The second-order valence-electron chi connectivity index (χ2n) is 6.27. The average Bonchev–Trinajstić information content (AvgIpc) is 3.14. The first-order valence-electron chi connectivity index (χ1n) is 8.84. The van der Waals surface area contributed by atoms with Crippen LogP contribution in [0, 0.1) is 6.92 Å². The van der Waals surface area contributed by atoms with Crippen LogP contribution in [0.2, 0.25) is 0 Å². The topological polar surface area (TPSA) is 86.3 Å². The first-order valence-corrected chi connectivity index (χ1v) is 10.2. The number of nitrogens with zero attached hydrogens (tertiary/aromatic N) is 2. The summed E-state index contributed by atoms with van der Waals surface area (Å²) in [6.07, 6.45) is 2.22. The number of aromatic amines is 1. The van der Waals surface area contributed by atoms with Crippen molar-refractivity contribution in [2.24, 2.45) is 0 Å². The number of fused-ring (bicyclic) bond motifs is 1. The third-order valence-corrected chi connectivity index (χ3v) is 5.54. The standard InChI is InChI=1S/C19H21N3O4S/c1-13-16(12-27(23)19-21-14-5-2-3-6-15(14)22-19)20-8-7-17(13)26-11-18-24-9-4-10-25-18/h2-3,5-8,18H,4,9-12H2,1H3,(H,21,22). The monoisotopic (exact) mass is 387 g/mol. The lowest BCUT2D eigenvalue weighted by Gasteiger charge is -2.23. The van der Waals surface area contributed by atoms with Gasteiger partial charge in [-0.2, -0.15) is 0 Å². The van der Waals surface area contributed by atoms with E-state index in [2.05, 4.69) is 15.0 Å². The first-order chi connectivity index (χ1) is 13.2. The molecule has 0 amide bonds. The Hall–Kier alpha value is -2.29. The number of benzene rings is 1. The molecule has 3 heterocycles. The molecule has 0 saturated carbocycles. The van der Waals surface area contributed by atoms with Crippen LogP contribution in [0.5, 0.6) is 5.75 Å². The van der Waals surface area contributed by atoms with Gasteiger partial charge in [-0.05, 0) is 31.5 Å². The molecule has 1 aromatic carbocycles. The molecule has 0 radical (unpaired) electrons. The molecular weight excluding hydrogens is 366 g/mol. The molecule has 1 fully saturated rings. The molecule has 1 aliphatic rings. The molecule has 1 aliphatic heterocycles. The lowest BCUT2D eigenvalue weighted by atomic mass is 10.2. The molecule has 1 N–H and O–H groups in total.